The Morgan fingerprint density at radius 2 is 2.22 bits per heavy atom. The van der Waals surface area contributed by atoms with E-state index in [1.54, 1.807) is 9.08 Å². The molecule has 2 heterocycles. The highest BCUT2D eigenvalue weighted by molar-refractivity contribution is 5.44. The zero-order valence-electron chi connectivity index (χ0n) is 11.2. The van der Waals surface area contributed by atoms with Crippen molar-refractivity contribution in [2.75, 3.05) is 13.1 Å². The topological polar surface area (TPSA) is 51.3 Å². The van der Waals surface area contributed by atoms with E-state index in [9.17, 15) is 4.79 Å². The van der Waals surface area contributed by atoms with Gasteiger partial charge in [0.1, 0.15) is 5.52 Å². The maximum absolute atomic E-state index is 12.2. The Hall–Kier alpha value is -1.62. The monoisotopic (exact) mass is 248 g/mol. The predicted octanol–water partition coefficient (Wildman–Crippen LogP) is 1.05. The number of fused-ring (bicyclic) bond motifs is 1. The van der Waals surface area contributed by atoms with Gasteiger partial charge < -0.3 is 9.88 Å². The minimum absolute atomic E-state index is 0.0291. The molecule has 1 N–H and O–H groups in total. The molecule has 5 heteroatoms. The fourth-order valence-corrected chi connectivity index (χ4v) is 2.08. The summed E-state index contributed by atoms with van der Waals surface area (Å²) in [6.45, 7) is 8.73. The molecule has 2 aromatic rings. The fourth-order valence-electron chi connectivity index (χ4n) is 2.08. The van der Waals surface area contributed by atoms with Gasteiger partial charge in [-0.2, -0.15) is 5.10 Å². The Balaban J connectivity index is 2.23. The molecule has 1 unspecified atom stereocenters. The predicted molar refractivity (Wildman–Crippen MR) is 71.9 cm³/mol. The molecule has 0 aromatic carbocycles. The lowest BCUT2D eigenvalue weighted by molar-refractivity contribution is 0.443. The normalized spacial score (nSPS) is 13.1. The summed E-state index contributed by atoms with van der Waals surface area (Å²) >= 11 is 0. The van der Waals surface area contributed by atoms with Crippen molar-refractivity contribution < 1.29 is 0 Å². The van der Waals surface area contributed by atoms with Crippen molar-refractivity contribution in [3.8, 4) is 0 Å². The Bertz CT molecular complexity index is 584. The number of aromatic nitrogens is 3. The second-order valence-electron chi connectivity index (χ2n) is 4.78. The Kier molecular flexibility index (Phi) is 3.81. The molecule has 18 heavy (non-hydrogen) atoms. The summed E-state index contributed by atoms with van der Waals surface area (Å²) in [4.78, 5) is 12.2. The quantitative estimate of drug-likeness (QED) is 0.860. The number of hydrogen-bond donors (Lipinski definition) is 1. The Labute approximate surface area is 106 Å². The van der Waals surface area contributed by atoms with Crippen LogP contribution in [0.1, 0.15) is 19.5 Å². The van der Waals surface area contributed by atoms with Crippen LogP contribution in [0.2, 0.25) is 0 Å². The maximum atomic E-state index is 12.2. The van der Waals surface area contributed by atoms with Crippen LogP contribution in [0.5, 0.6) is 0 Å². The number of nitrogens with zero attached hydrogens (tertiary/aromatic N) is 3. The molecule has 0 spiro atoms. The van der Waals surface area contributed by atoms with Gasteiger partial charge in [-0.3, -0.25) is 4.79 Å². The van der Waals surface area contributed by atoms with Crippen LogP contribution in [0.4, 0.5) is 0 Å². The van der Waals surface area contributed by atoms with E-state index in [0.717, 1.165) is 25.3 Å². The number of aryl methyl sites for hydroxylation is 1. The van der Waals surface area contributed by atoms with Crippen molar-refractivity contribution >= 4 is 5.52 Å². The lowest BCUT2D eigenvalue weighted by atomic mass is 10.2. The minimum Gasteiger partial charge on any atom is -0.317 e. The molecule has 0 aliphatic carbocycles. The van der Waals surface area contributed by atoms with Crippen molar-refractivity contribution in [1.82, 2.24) is 19.5 Å². The minimum atomic E-state index is 0.0291. The zero-order valence-corrected chi connectivity index (χ0v) is 11.2. The van der Waals surface area contributed by atoms with Gasteiger partial charge in [-0.05, 0) is 32.0 Å². The van der Waals surface area contributed by atoms with E-state index < -0.39 is 0 Å². The van der Waals surface area contributed by atoms with Crippen LogP contribution in [-0.4, -0.2) is 27.3 Å². The second kappa shape index (κ2) is 5.35. The standard InChI is InChI=1S/C13H20N4O/c1-4-14-8-10(2)9-16-5-6-17-12(13(16)18)7-11(3)15-17/h5-7,10,14H,4,8-9H2,1-3H3. The molecule has 0 radical (unpaired) electrons. The summed E-state index contributed by atoms with van der Waals surface area (Å²) in [6.07, 6.45) is 3.65. The van der Waals surface area contributed by atoms with Crippen molar-refractivity contribution in [2.45, 2.75) is 27.3 Å². The Morgan fingerprint density at radius 1 is 1.44 bits per heavy atom. The molecule has 98 valence electrons. The van der Waals surface area contributed by atoms with Crippen LogP contribution in [0, 0.1) is 12.8 Å². The summed E-state index contributed by atoms with van der Waals surface area (Å²) in [5.41, 5.74) is 1.54. The third kappa shape index (κ3) is 2.61. The third-order valence-electron chi connectivity index (χ3n) is 2.98. The van der Waals surface area contributed by atoms with Crippen LogP contribution < -0.4 is 10.9 Å². The van der Waals surface area contributed by atoms with E-state index in [0.29, 0.717) is 11.4 Å². The Morgan fingerprint density at radius 3 is 2.94 bits per heavy atom. The molecule has 2 rings (SSSR count). The van der Waals surface area contributed by atoms with Crippen LogP contribution in [0.25, 0.3) is 5.52 Å². The lowest BCUT2D eigenvalue weighted by Crippen LogP contribution is -2.29. The molecule has 0 aliphatic rings. The molecule has 0 aliphatic heterocycles. The third-order valence-corrected chi connectivity index (χ3v) is 2.98. The SMILES string of the molecule is CCNCC(C)Cn1ccn2nc(C)cc2c1=O. The van der Waals surface area contributed by atoms with Gasteiger partial charge in [0, 0.05) is 18.9 Å². The van der Waals surface area contributed by atoms with Crippen molar-refractivity contribution in [2.24, 2.45) is 5.92 Å². The first-order chi connectivity index (χ1) is 8.61. The highest BCUT2D eigenvalue weighted by Crippen LogP contribution is 2.02. The van der Waals surface area contributed by atoms with E-state index in [1.165, 1.54) is 0 Å². The summed E-state index contributed by atoms with van der Waals surface area (Å²) in [7, 11) is 0. The smallest absolute Gasteiger partial charge is 0.276 e. The van der Waals surface area contributed by atoms with E-state index in [2.05, 4.69) is 24.3 Å². The first-order valence-corrected chi connectivity index (χ1v) is 6.38. The van der Waals surface area contributed by atoms with E-state index in [-0.39, 0.29) is 5.56 Å². The number of hydrogen-bond acceptors (Lipinski definition) is 3. The molecule has 0 saturated heterocycles. The highest BCUT2D eigenvalue weighted by atomic mass is 16.1. The van der Waals surface area contributed by atoms with Gasteiger partial charge in [0.25, 0.3) is 5.56 Å². The largest absolute Gasteiger partial charge is 0.317 e. The fraction of sp³-hybridized carbons (Fsp3) is 0.538. The maximum Gasteiger partial charge on any atom is 0.276 e. The molecule has 0 saturated carbocycles. The average molecular weight is 248 g/mol. The molecule has 2 aromatic heterocycles. The summed E-state index contributed by atoms with van der Waals surface area (Å²) in [5.74, 6) is 0.425. The first kappa shape index (κ1) is 12.8. The number of nitrogens with one attached hydrogen (secondary N) is 1. The van der Waals surface area contributed by atoms with Crippen LogP contribution in [0.15, 0.2) is 23.3 Å². The average Bonchev–Trinajstić information content (AvgIpc) is 2.72. The molecule has 1 atom stereocenters. The van der Waals surface area contributed by atoms with E-state index in [1.807, 2.05) is 25.4 Å². The summed E-state index contributed by atoms with van der Waals surface area (Å²) in [5, 5.41) is 7.53. The van der Waals surface area contributed by atoms with Crippen LogP contribution in [0.3, 0.4) is 0 Å². The van der Waals surface area contributed by atoms with E-state index in [4.69, 9.17) is 0 Å². The van der Waals surface area contributed by atoms with Crippen LogP contribution in [-0.2, 0) is 6.54 Å². The van der Waals surface area contributed by atoms with Crippen LogP contribution >= 0.6 is 0 Å². The van der Waals surface area contributed by atoms with E-state index >= 15 is 0 Å². The molecular weight excluding hydrogens is 228 g/mol. The highest BCUT2D eigenvalue weighted by Gasteiger charge is 2.08. The molecule has 0 amide bonds. The summed E-state index contributed by atoms with van der Waals surface area (Å²) in [6, 6.07) is 1.83. The van der Waals surface area contributed by atoms with Crippen molar-refractivity contribution in [1.29, 1.82) is 0 Å². The van der Waals surface area contributed by atoms with Gasteiger partial charge in [0.2, 0.25) is 0 Å². The lowest BCUT2D eigenvalue weighted by Gasteiger charge is -2.13. The molecule has 5 nitrogen and oxygen atoms in total. The number of rotatable bonds is 5. The summed E-state index contributed by atoms with van der Waals surface area (Å²) < 4.78 is 3.40. The van der Waals surface area contributed by atoms with Gasteiger partial charge in [0.15, 0.2) is 0 Å². The van der Waals surface area contributed by atoms with Gasteiger partial charge in [-0.1, -0.05) is 13.8 Å². The van der Waals surface area contributed by atoms with Gasteiger partial charge in [-0.15, -0.1) is 0 Å². The molecular formula is C13H20N4O. The van der Waals surface area contributed by atoms with Gasteiger partial charge in [-0.25, -0.2) is 4.52 Å². The van der Waals surface area contributed by atoms with Gasteiger partial charge in [0.05, 0.1) is 5.69 Å². The molecule has 0 bridgehead atoms. The zero-order chi connectivity index (χ0) is 13.1. The second-order valence-corrected chi connectivity index (χ2v) is 4.78. The van der Waals surface area contributed by atoms with Gasteiger partial charge >= 0.3 is 0 Å². The van der Waals surface area contributed by atoms with Crippen molar-refractivity contribution in [3.05, 3.63) is 34.5 Å². The first-order valence-electron chi connectivity index (χ1n) is 6.38. The van der Waals surface area contributed by atoms with Crippen molar-refractivity contribution in [3.63, 3.8) is 0 Å². The molecule has 0 fully saturated rings.